The molecule has 1 unspecified atom stereocenters. The van der Waals surface area contributed by atoms with E-state index in [-0.39, 0.29) is 5.82 Å². The highest BCUT2D eigenvalue weighted by Gasteiger charge is 2.24. The third kappa shape index (κ3) is 2.05. The maximum absolute atomic E-state index is 14.3. The Morgan fingerprint density at radius 1 is 1.32 bits per heavy atom. The van der Waals surface area contributed by atoms with Crippen molar-refractivity contribution in [3.05, 3.63) is 53.1 Å². The molecule has 19 heavy (non-hydrogen) atoms. The molecule has 98 valence electrons. The maximum Gasteiger partial charge on any atom is 0.131 e. The monoisotopic (exact) mass is 255 g/mol. The van der Waals surface area contributed by atoms with Crippen molar-refractivity contribution in [2.75, 3.05) is 0 Å². The number of aromatic nitrogens is 1. The first-order chi connectivity index (χ1) is 9.20. The number of hydrogen-bond donors (Lipinski definition) is 0. The van der Waals surface area contributed by atoms with E-state index in [4.69, 9.17) is 0 Å². The fourth-order valence-electron chi connectivity index (χ4n) is 3.01. The number of pyridine rings is 1. The van der Waals surface area contributed by atoms with Crippen LogP contribution in [0.15, 0.2) is 30.6 Å². The van der Waals surface area contributed by atoms with Gasteiger partial charge in [0, 0.05) is 23.5 Å². The van der Waals surface area contributed by atoms with Crippen LogP contribution < -0.4 is 0 Å². The highest BCUT2D eigenvalue weighted by atomic mass is 19.1. The lowest BCUT2D eigenvalue weighted by molar-refractivity contribution is 0.629. The molecule has 1 aromatic carbocycles. The fraction of sp³-hybridized carbons (Fsp3) is 0.353. The van der Waals surface area contributed by atoms with Crippen LogP contribution in [0.5, 0.6) is 0 Å². The van der Waals surface area contributed by atoms with Gasteiger partial charge in [0.05, 0.1) is 0 Å². The van der Waals surface area contributed by atoms with Crippen LogP contribution in [0.1, 0.15) is 42.9 Å². The van der Waals surface area contributed by atoms with Crippen LogP contribution in [0.25, 0.3) is 11.1 Å². The number of halogens is 1. The molecule has 1 aliphatic rings. The predicted octanol–water partition coefficient (Wildman–Crippen LogP) is 4.50. The van der Waals surface area contributed by atoms with Gasteiger partial charge in [0.1, 0.15) is 5.82 Å². The smallest absolute Gasteiger partial charge is 0.131 e. The average Bonchev–Trinajstić information content (AvgIpc) is 2.80. The molecule has 0 saturated carbocycles. The van der Waals surface area contributed by atoms with Crippen LogP contribution in [0.4, 0.5) is 4.39 Å². The Hall–Kier alpha value is -1.70. The van der Waals surface area contributed by atoms with Crippen LogP contribution >= 0.6 is 0 Å². The zero-order chi connectivity index (χ0) is 13.4. The quantitative estimate of drug-likeness (QED) is 0.770. The summed E-state index contributed by atoms with van der Waals surface area (Å²) in [7, 11) is 0. The summed E-state index contributed by atoms with van der Waals surface area (Å²) in [6, 6.07) is 5.62. The molecule has 2 heteroatoms. The van der Waals surface area contributed by atoms with E-state index in [9.17, 15) is 4.39 Å². The van der Waals surface area contributed by atoms with E-state index < -0.39 is 0 Å². The number of aryl methyl sites for hydroxylation is 1. The molecule has 0 amide bonds. The van der Waals surface area contributed by atoms with Gasteiger partial charge in [-0.25, -0.2) is 4.39 Å². The molecule has 1 aliphatic carbocycles. The highest BCUT2D eigenvalue weighted by Crippen LogP contribution is 2.40. The van der Waals surface area contributed by atoms with Crippen molar-refractivity contribution in [3.8, 4) is 11.1 Å². The topological polar surface area (TPSA) is 12.9 Å². The molecular formula is C17H18FN. The number of rotatable bonds is 2. The van der Waals surface area contributed by atoms with Crippen molar-refractivity contribution in [2.24, 2.45) is 0 Å². The second-order valence-corrected chi connectivity index (χ2v) is 5.37. The first kappa shape index (κ1) is 12.3. The molecule has 3 rings (SSSR count). The van der Waals surface area contributed by atoms with Crippen molar-refractivity contribution in [2.45, 2.75) is 39.0 Å². The van der Waals surface area contributed by atoms with Crippen LogP contribution in [0.2, 0.25) is 0 Å². The predicted molar refractivity (Wildman–Crippen MR) is 75.7 cm³/mol. The minimum absolute atomic E-state index is 0.122. The lowest BCUT2D eigenvalue weighted by Crippen LogP contribution is -1.95. The standard InChI is InChI=1S/C17H18FN/c1-3-12-8-13(10-19-9-12)17-15-5-4-11(2)14(15)6-7-16(17)18/h6-11H,3-5H2,1-2H3. The molecule has 0 saturated heterocycles. The third-order valence-corrected chi connectivity index (χ3v) is 4.15. The Kier molecular flexibility index (Phi) is 3.09. The molecule has 2 aromatic rings. The van der Waals surface area contributed by atoms with Gasteiger partial charge in [0.15, 0.2) is 0 Å². The molecule has 0 N–H and O–H groups in total. The Morgan fingerprint density at radius 2 is 2.16 bits per heavy atom. The molecule has 0 radical (unpaired) electrons. The number of nitrogens with zero attached hydrogens (tertiary/aromatic N) is 1. The number of hydrogen-bond acceptors (Lipinski definition) is 1. The van der Waals surface area contributed by atoms with E-state index in [1.54, 1.807) is 12.3 Å². The number of fused-ring (bicyclic) bond motifs is 1. The summed E-state index contributed by atoms with van der Waals surface area (Å²) in [6.45, 7) is 4.31. The summed E-state index contributed by atoms with van der Waals surface area (Å²) < 4.78 is 14.3. The van der Waals surface area contributed by atoms with Crippen LogP contribution in [0.3, 0.4) is 0 Å². The lowest BCUT2D eigenvalue weighted by Gasteiger charge is -2.12. The van der Waals surface area contributed by atoms with Gasteiger partial charge in [0.2, 0.25) is 0 Å². The van der Waals surface area contributed by atoms with E-state index >= 15 is 0 Å². The molecule has 0 spiro atoms. The van der Waals surface area contributed by atoms with E-state index in [0.717, 1.165) is 36.0 Å². The highest BCUT2D eigenvalue weighted by molar-refractivity contribution is 5.70. The van der Waals surface area contributed by atoms with Gasteiger partial charge in [-0.3, -0.25) is 4.98 Å². The molecule has 1 nitrogen and oxygen atoms in total. The third-order valence-electron chi connectivity index (χ3n) is 4.15. The van der Waals surface area contributed by atoms with Crippen molar-refractivity contribution in [1.82, 2.24) is 4.98 Å². The van der Waals surface area contributed by atoms with E-state index in [1.807, 2.05) is 12.3 Å². The summed E-state index contributed by atoms with van der Waals surface area (Å²) >= 11 is 0. The van der Waals surface area contributed by atoms with Gasteiger partial charge in [-0.05, 0) is 54.0 Å². The van der Waals surface area contributed by atoms with Gasteiger partial charge in [0.25, 0.3) is 0 Å². The minimum atomic E-state index is -0.122. The Labute approximate surface area is 113 Å². The maximum atomic E-state index is 14.3. The van der Waals surface area contributed by atoms with E-state index in [2.05, 4.69) is 24.9 Å². The van der Waals surface area contributed by atoms with E-state index in [0.29, 0.717) is 5.92 Å². The lowest BCUT2D eigenvalue weighted by atomic mass is 9.94. The molecule has 0 aliphatic heterocycles. The summed E-state index contributed by atoms with van der Waals surface area (Å²) in [5, 5.41) is 0. The van der Waals surface area contributed by atoms with Crippen LogP contribution in [0, 0.1) is 5.82 Å². The zero-order valence-corrected chi connectivity index (χ0v) is 11.4. The van der Waals surface area contributed by atoms with Crippen molar-refractivity contribution < 1.29 is 4.39 Å². The Morgan fingerprint density at radius 3 is 2.95 bits per heavy atom. The summed E-state index contributed by atoms with van der Waals surface area (Å²) in [5.41, 5.74) is 5.33. The fourth-order valence-corrected chi connectivity index (χ4v) is 3.01. The van der Waals surface area contributed by atoms with Crippen LogP contribution in [-0.2, 0) is 12.8 Å². The normalized spacial score (nSPS) is 17.5. The van der Waals surface area contributed by atoms with Crippen LogP contribution in [-0.4, -0.2) is 4.98 Å². The molecule has 1 atom stereocenters. The molecule has 0 fully saturated rings. The molecule has 0 bridgehead atoms. The summed E-state index contributed by atoms with van der Waals surface area (Å²) in [6.07, 6.45) is 6.65. The second kappa shape index (κ2) is 4.76. The van der Waals surface area contributed by atoms with Gasteiger partial charge in [-0.1, -0.05) is 19.9 Å². The van der Waals surface area contributed by atoms with Gasteiger partial charge < -0.3 is 0 Å². The molecule has 1 aromatic heterocycles. The Bertz CT molecular complexity index is 619. The average molecular weight is 255 g/mol. The SMILES string of the molecule is CCc1cncc(-c2c(F)ccc3c2CCC3C)c1. The van der Waals surface area contributed by atoms with Gasteiger partial charge in [-0.2, -0.15) is 0 Å². The zero-order valence-electron chi connectivity index (χ0n) is 11.4. The first-order valence-corrected chi connectivity index (χ1v) is 6.96. The van der Waals surface area contributed by atoms with Crippen molar-refractivity contribution in [3.63, 3.8) is 0 Å². The number of benzene rings is 1. The van der Waals surface area contributed by atoms with E-state index in [1.165, 1.54) is 11.1 Å². The Balaban J connectivity index is 2.19. The molecular weight excluding hydrogens is 237 g/mol. The first-order valence-electron chi connectivity index (χ1n) is 6.96. The largest absolute Gasteiger partial charge is 0.264 e. The van der Waals surface area contributed by atoms with Crippen molar-refractivity contribution in [1.29, 1.82) is 0 Å². The van der Waals surface area contributed by atoms with Crippen molar-refractivity contribution >= 4 is 0 Å². The molecule has 1 heterocycles. The minimum Gasteiger partial charge on any atom is -0.264 e. The second-order valence-electron chi connectivity index (χ2n) is 5.37. The van der Waals surface area contributed by atoms with Gasteiger partial charge >= 0.3 is 0 Å². The summed E-state index contributed by atoms with van der Waals surface area (Å²) in [5.74, 6) is 0.416. The summed E-state index contributed by atoms with van der Waals surface area (Å²) in [4.78, 5) is 4.25. The van der Waals surface area contributed by atoms with Gasteiger partial charge in [-0.15, -0.1) is 0 Å².